The van der Waals surface area contributed by atoms with Gasteiger partial charge in [0.1, 0.15) is 6.04 Å². The highest BCUT2D eigenvalue weighted by molar-refractivity contribution is 6.30. The van der Waals surface area contributed by atoms with Gasteiger partial charge in [0.15, 0.2) is 0 Å². The zero-order valence-corrected chi connectivity index (χ0v) is 17.9. The van der Waals surface area contributed by atoms with Gasteiger partial charge in [-0.1, -0.05) is 57.8 Å². The third kappa shape index (κ3) is 6.47. The Bertz CT molecular complexity index is 660. The van der Waals surface area contributed by atoms with Gasteiger partial charge in [-0.25, -0.2) is 0 Å². The molecule has 162 valence electrons. The molecule has 1 aliphatic carbocycles. The first-order chi connectivity index (χ1) is 13.4. The summed E-state index contributed by atoms with van der Waals surface area (Å²) in [7, 11) is 0. The maximum absolute atomic E-state index is 13.1. The summed E-state index contributed by atoms with van der Waals surface area (Å²) >= 11 is 5.99. The van der Waals surface area contributed by atoms with Crippen LogP contribution >= 0.6 is 11.6 Å². The lowest BCUT2D eigenvalue weighted by Crippen LogP contribution is -2.53. The second-order valence-corrected chi connectivity index (χ2v) is 9.23. The van der Waals surface area contributed by atoms with Crippen LogP contribution < -0.4 is 5.32 Å². The van der Waals surface area contributed by atoms with Gasteiger partial charge in [-0.2, -0.15) is 0 Å². The zero-order valence-electron chi connectivity index (χ0n) is 17.1. The van der Waals surface area contributed by atoms with E-state index >= 15 is 0 Å². The Hall–Kier alpha value is -1.55. The van der Waals surface area contributed by atoms with Crippen molar-refractivity contribution in [2.24, 2.45) is 11.8 Å². The highest BCUT2D eigenvalue weighted by Gasteiger charge is 2.32. The number of carbonyl (C=O) groups is 2. The minimum Gasteiger partial charge on any atom is -0.344 e. The topological polar surface area (TPSA) is 49.4 Å². The van der Waals surface area contributed by atoms with E-state index in [2.05, 4.69) is 17.4 Å². The summed E-state index contributed by atoms with van der Waals surface area (Å²) in [5, 5.41) is 3.80. The molecule has 1 aromatic rings. The second-order valence-electron chi connectivity index (χ2n) is 8.79. The molecular formula is C24H37ClN2O2. The van der Waals surface area contributed by atoms with Crippen LogP contribution in [0.5, 0.6) is 0 Å². The van der Waals surface area contributed by atoms with Crippen molar-refractivity contribution in [2.75, 3.05) is 13.1 Å². The van der Waals surface area contributed by atoms with Crippen molar-refractivity contribution in [3.8, 4) is 0 Å². The van der Waals surface area contributed by atoms with Gasteiger partial charge in [0.05, 0.1) is 0 Å². The van der Waals surface area contributed by atoms with Crippen LogP contribution in [0.15, 0.2) is 24.3 Å². The fraction of sp³-hybridized carbons (Fsp3) is 0.667. The molecule has 1 atom stereocenters. The summed E-state index contributed by atoms with van der Waals surface area (Å²) in [5.74, 6) is 1.17. The van der Waals surface area contributed by atoms with Crippen molar-refractivity contribution in [3.05, 3.63) is 34.9 Å². The number of carbonyl (C=O) groups excluding carboxylic acids is 2. The molecule has 5 heteroatoms. The first kappa shape index (κ1) is 23.7. The number of likely N-dealkylation sites (tertiary alicyclic amines) is 1. The van der Waals surface area contributed by atoms with Gasteiger partial charge in [-0.05, 0) is 61.1 Å². The van der Waals surface area contributed by atoms with Gasteiger partial charge in [0.25, 0.3) is 0 Å². The SMILES string of the molecule is C.CC(C)[C@@H](NC(=O)CC1CCCC1)C(=O)N1CCC(c2ccc(Cl)cc2)CC1. The lowest BCUT2D eigenvalue weighted by atomic mass is 9.89. The number of benzene rings is 1. The van der Waals surface area contributed by atoms with Crippen molar-refractivity contribution in [1.82, 2.24) is 10.2 Å². The highest BCUT2D eigenvalue weighted by atomic mass is 35.5. The smallest absolute Gasteiger partial charge is 0.245 e. The predicted octanol–water partition coefficient (Wildman–Crippen LogP) is 5.40. The van der Waals surface area contributed by atoms with Crippen LogP contribution in [0.25, 0.3) is 0 Å². The molecule has 0 bridgehead atoms. The normalized spacial score (nSPS) is 19.1. The first-order valence-corrected chi connectivity index (χ1v) is 11.2. The van der Waals surface area contributed by atoms with Crippen LogP contribution in [0.4, 0.5) is 0 Å². The minimum atomic E-state index is -0.416. The molecule has 0 radical (unpaired) electrons. The maximum Gasteiger partial charge on any atom is 0.245 e. The van der Waals surface area contributed by atoms with Crippen LogP contribution in [-0.2, 0) is 9.59 Å². The molecule has 0 aromatic heterocycles. The van der Waals surface area contributed by atoms with Gasteiger partial charge >= 0.3 is 0 Å². The van der Waals surface area contributed by atoms with Crippen LogP contribution in [0.3, 0.4) is 0 Å². The number of hydrogen-bond acceptors (Lipinski definition) is 2. The monoisotopic (exact) mass is 420 g/mol. The van der Waals surface area contributed by atoms with Crippen LogP contribution in [0, 0.1) is 11.8 Å². The second kappa shape index (κ2) is 11.0. The predicted molar refractivity (Wildman–Crippen MR) is 120 cm³/mol. The molecule has 3 rings (SSSR count). The average molecular weight is 421 g/mol. The summed E-state index contributed by atoms with van der Waals surface area (Å²) in [5.41, 5.74) is 1.29. The lowest BCUT2D eigenvalue weighted by Gasteiger charge is -2.35. The number of nitrogens with one attached hydrogen (secondary N) is 1. The Morgan fingerprint density at radius 3 is 2.21 bits per heavy atom. The van der Waals surface area contributed by atoms with Crippen molar-refractivity contribution in [3.63, 3.8) is 0 Å². The Morgan fingerprint density at radius 2 is 1.66 bits per heavy atom. The molecule has 1 aliphatic heterocycles. The minimum absolute atomic E-state index is 0. The number of piperidine rings is 1. The van der Waals surface area contributed by atoms with Gasteiger partial charge in [-0.15, -0.1) is 0 Å². The van der Waals surface area contributed by atoms with Crippen LogP contribution in [-0.4, -0.2) is 35.8 Å². The van der Waals surface area contributed by atoms with Crippen LogP contribution in [0.2, 0.25) is 5.02 Å². The van der Waals surface area contributed by atoms with Gasteiger partial charge in [0.2, 0.25) is 11.8 Å². The number of amides is 2. The van der Waals surface area contributed by atoms with E-state index in [0.717, 1.165) is 43.8 Å². The van der Waals surface area contributed by atoms with E-state index in [4.69, 9.17) is 11.6 Å². The number of hydrogen-bond donors (Lipinski definition) is 1. The van der Waals surface area contributed by atoms with E-state index in [9.17, 15) is 9.59 Å². The largest absolute Gasteiger partial charge is 0.344 e. The molecular weight excluding hydrogens is 384 g/mol. The van der Waals surface area contributed by atoms with E-state index in [-0.39, 0.29) is 25.2 Å². The molecule has 4 nitrogen and oxygen atoms in total. The molecule has 2 fully saturated rings. The van der Waals surface area contributed by atoms with Crippen molar-refractivity contribution in [1.29, 1.82) is 0 Å². The summed E-state index contributed by atoms with van der Waals surface area (Å²) in [6.45, 7) is 5.51. The fourth-order valence-electron chi connectivity index (χ4n) is 4.59. The Balaban J connectivity index is 0.00000300. The quantitative estimate of drug-likeness (QED) is 0.669. The molecule has 1 saturated heterocycles. The molecule has 0 unspecified atom stereocenters. The molecule has 29 heavy (non-hydrogen) atoms. The first-order valence-electron chi connectivity index (χ1n) is 10.8. The fourth-order valence-corrected chi connectivity index (χ4v) is 4.71. The molecule has 1 saturated carbocycles. The third-order valence-corrected chi connectivity index (χ3v) is 6.60. The van der Waals surface area contributed by atoms with Gasteiger partial charge in [0, 0.05) is 24.5 Å². The maximum atomic E-state index is 13.1. The van der Waals surface area contributed by atoms with Crippen LogP contribution in [0.1, 0.15) is 77.7 Å². The zero-order chi connectivity index (χ0) is 20.1. The van der Waals surface area contributed by atoms with Gasteiger partial charge in [-0.3, -0.25) is 9.59 Å². The highest BCUT2D eigenvalue weighted by Crippen LogP contribution is 2.30. The Kier molecular flexibility index (Phi) is 9.01. The summed E-state index contributed by atoms with van der Waals surface area (Å²) < 4.78 is 0. The van der Waals surface area contributed by atoms with E-state index in [1.807, 2.05) is 30.9 Å². The van der Waals surface area contributed by atoms with E-state index in [1.54, 1.807) is 0 Å². The Labute approximate surface area is 181 Å². The number of nitrogens with zero attached hydrogens (tertiary/aromatic N) is 1. The molecule has 0 spiro atoms. The molecule has 2 amide bonds. The number of rotatable bonds is 6. The molecule has 1 heterocycles. The van der Waals surface area contributed by atoms with Crippen molar-refractivity contribution in [2.45, 2.75) is 78.2 Å². The summed E-state index contributed by atoms with van der Waals surface area (Å²) in [4.78, 5) is 27.5. The molecule has 1 aromatic carbocycles. The van der Waals surface area contributed by atoms with E-state index in [1.165, 1.54) is 18.4 Å². The third-order valence-electron chi connectivity index (χ3n) is 6.35. The summed E-state index contributed by atoms with van der Waals surface area (Å²) in [6, 6.07) is 7.63. The number of halogens is 1. The standard InChI is InChI=1S/C23H33ClN2O2.CH4/c1-16(2)22(25-21(27)15-17-5-3-4-6-17)23(28)26-13-11-19(12-14-26)18-7-9-20(24)10-8-18;/h7-10,16-17,19,22H,3-6,11-15H2,1-2H3,(H,25,27);1H4/t22-;/m1./s1. The van der Waals surface area contributed by atoms with E-state index in [0.29, 0.717) is 18.3 Å². The van der Waals surface area contributed by atoms with Gasteiger partial charge < -0.3 is 10.2 Å². The molecule has 1 N–H and O–H groups in total. The molecule has 2 aliphatic rings. The average Bonchev–Trinajstić information content (AvgIpc) is 3.19. The van der Waals surface area contributed by atoms with Crippen molar-refractivity contribution >= 4 is 23.4 Å². The lowest BCUT2D eigenvalue weighted by molar-refractivity contribution is -0.138. The summed E-state index contributed by atoms with van der Waals surface area (Å²) in [6.07, 6.45) is 7.22. The Morgan fingerprint density at radius 1 is 1.07 bits per heavy atom. The van der Waals surface area contributed by atoms with E-state index < -0.39 is 6.04 Å². The van der Waals surface area contributed by atoms with Crippen molar-refractivity contribution < 1.29 is 9.59 Å².